The molecule has 1 aromatic carbocycles. The van der Waals surface area contributed by atoms with Crippen molar-refractivity contribution in [3.63, 3.8) is 0 Å². The van der Waals surface area contributed by atoms with Crippen LogP contribution < -0.4 is 16.0 Å². The van der Waals surface area contributed by atoms with Crippen LogP contribution in [0.3, 0.4) is 0 Å². The summed E-state index contributed by atoms with van der Waals surface area (Å²) in [5, 5.41) is 9.98. The quantitative estimate of drug-likeness (QED) is 0.367. The van der Waals surface area contributed by atoms with Gasteiger partial charge in [-0.25, -0.2) is 4.98 Å². The molecule has 0 saturated carbocycles. The first-order chi connectivity index (χ1) is 14.1. The summed E-state index contributed by atoms with van der Waals surface area (Å²) in [6, 6.07) is 11.5. The minimum atomic E-state index is -0.337. The average molecular weight is 416 g/mol. The SMILES string of the molecule is CN=C(NCCc1ccc(Cl)nc1)NCc1cccc(NC(=O)C2CCCO2)c1. The second kappa shape index (κ2) is 10.8. The van der Waals surface area contributed by atoms with Crippen LogP contribution in [0, 0.1) is 0 Å². The van der Waals surface area contributed by atoms with Gasteiger partial charge < -0.3 is 20.7 Å². The average Bonchev–Trinajstić information content (AvgIpc) is 3.27. The molecule has 1 unspecified atom stereocenters. The second-order valence-electron chi connectivity index (χ2n) is 6.78. The van der Waals surface area contributed by atoms with Crippen LogP contribution in [0.2, 0.25) is 5.15 Å². The minimum Gasteiger partial charge on any atom is -0.368 e. The Bertz CT molecular complexity index is 835. The fraction of sp³-hybridized carbons (Fsp3) is 0.381. The van der Waals surface area contributed by atoms with E-state index in [1.165, 1.54) is 0 Å². The van der Waals surface area contributed by atoms with Crippen LogP contribution in [0.5, 0.6) is 0 Å². The van der Waals surface area contributed by atoms with Gasteiger partial charge in [0.25, 0.3) is 5.91 Å². The number of aliphatic imine (C=N–C) groups is 1. The van der Waals surface area contributed by atoms with E-state index in [1.807, 2.05) is 30.3 Å². The Balaban J connectivity index is 1.45. The molecule has 2 heterocycles. The molecule has 0 bridgehead atoms. The van der Waals surface area contributed by atoms with Gasteiger partial charge in [-0.05, 0) is 48.6 Å². The number of carbonyl (C=O) groups excluding carboxylic acids is 1. The van der Waals surface area contributed by atoms with Crippen molar-refractivity contribution in [3.8, 4) is 0 Å². The van der Waals surface area contributed by atoms with Gasteiger partial charge in [0.15, 0.2) is 5.96 Å². The standard InChI is InChI=1S/C21H26ClN5O2/c1-23-21(24-10-9-15-7-8-19(22)25-13-15)26-14-16-4-2-5-17(12-16)27-20(28)18-6-3-11-29-18/h2,4-5,7-8,12-13,18H,3,6,9-11,14H2,1H3,(H,27,28)(H2,23,24,26). The molecule has 1 saturated heterocycles. The van der Waals surface area contributed by atoms with Gasteiger partial charge in [-0.15, -0.1) is 0 Å². The predicted octanol–water partition coefficient (Wildman–Crippen LogP) is 2.76. The molecule has 29 heavy (non-hydrogen) atoms. The number of nitrogens with one attached hydrogen (secondary N) is 3. The Morgan fingerprint density at radius 1 is 1.28 bits per heavy atom. The fourth-order valence-electron chi connectivity index (χ4n) is 3.05. The molecule has 0 spiro atoms. The van der Waals surface area contributed by atoms with Crippen LogP contribution >= 0.6 is 11.6 Å². The number of nitrogens with zero attached hydrogens (tertiary/aromatic N) is 2. The van der Waals surface area contributed by atoms with Crippen LogP contribution in [0.1, 0.15) is 24.0 Å². The van der Waals surface area contributed by atoms with Crippen LogP contribution in [-0.2, 0) is 22.5 Å². The normalized spacial score (nSPS) is 16.5. The van der Waals surface area contributed by atoms with Crippen molar-refractivity contribution in [1.82, 2.24) is 15.6 Å². The van der Waals surface area contributed by atoms with E-state index in [9.17, 15) is 4.79 Å². The number of anilines is 1. The number of pyridine rings is 1. The molecule has 1 aromatic heterocycles. The summed E-state index contributed by atoms with van der Waals surface area (Å²) < 4.78 is 5.43. The largest absolute Gasteiger partial charge is 0.368 e. The monoisotopic (exact) mass is 415 g/mol. The first-order valence-corrected chi connectivity index (χ1v) is 10.1. The Morgan fingerprint density at radius 3 is 2.90 bits per heavy atom. The number of ether oxygens (including phenoxy) is 1. The van der Waals surface area contributed by atoms with Crippen molar-refractivity contribution in [2.75, 3.05) is 25.5 Å². The number of halogens is 1. The zero-order chi connectivity index (χ0) is 20.5. The third-order valence-electron chi connectivity index (χ3n) is 4.59. The summed E-state index contributed by atoms with van der Waals surface area (Å²) in [6.45, 7) is 1.97. The summed E-state index contributed by atoms with van der Waals surface area (Å²) in [7, 11) is 1.73. The highest BCUT2D eigenvalue weighted by atomic mass is 35.5. The van der Waals surface area contributed by atoms with Gasteiger partial charge in [0, 0.05) is 38.6 Å². The minimum absolute atomic E-state index is 0.0817. The van der Waals surface area contributed by atoms with Crippen LogP contribution in [0.15, 0.2) is 47.6 Å². The van der Waals surface area contributed by atoms with Gasteiger partial charge in [0.1, 0.15) is 11.3 Å². The van der Waals surface area contributed by atoms with E-state index in [0.717, 1.165) is 42.6 Å². The van der Waals surface area contributed by atoms with Crippen LogP contribution in [0.25, 0.3) is 0 Å². The molecule has 1 aliphatic rings. The zero-order valence-corrected chi connectivity index (χ0v) is 17.2. The van der Waals surface area contributed by atoms with Gasteiger partial charge >= 0.3 is 0 Å². The molecule has 3 rings (SSSR count). The Hall–Kier alpha value is -2.64. The molecule has 1 atom stereocenters. The zero-order valence-electron chi connectivity index (χ0n) is 16.5. The number of hydrogen-bond donors (Lipinski definition) is 3. The number of guanidine groups is 1. The van der Waals surface area contributed by atoms with Crippen molar-refractivity contribution in [2.45, 2.75) is 31.9 Å². The molecule has 2 aromatic rings. The van der Waals surface area contributed by atoms with E-state index in [2.05, 4.69) is 25.9 Å². The molecule has 1 amide bonds. The number of aromatic nitrogens is 1. The van der Waals surface area contributed by atoms with Gasteiger partial charge in [0.2, 0.25) is 0 Å². The van der Waals surface area contributed by atoms with Crippen molar-refractivity contribution in [1.29, 1.82) is 0 Å². The lowest BCUT2D eigenvalue weighted by Crippen LogP contribution is -2.37. The Kier molecular flexibility index (Phi) is 7.84. The van der Waals surface area contributed by atoms with Gasteiger partial charge in [0.05, 0.1) is 0 Å². The Morgan fingerprint density at radius 2 is 2.17 bits per heavy atom. The highest BCUT2D eigenvalue weighted by Crippen LogP contribution is 2.16. The first-order valence-electron chi connectivity index (χ1n) is 9.70. The van der Waals surface area contributed by atoms with E-state index in [1.54, 1.807) is 19.3 Å². The smallest absolute Gasteiger partial charge is 0.253 e. The Labute approximate surface area is 175 Å². The van der Waals surface area contributed by atoms with E-state index in [-0.39, 0.29) is 12.0 Å². The number of benzene rings is 1. The van der Waals surface area contributed by atoms with Gasteiger partial charge in [-0.2, -0.15) is 0 Å². The lowest BCUT2D eigenvalue weighted by Gasteiger charge is -2.14. The van der Waals surface area contributed by atoms with Crippen molar-refractivity contribution < 1.29 is 9.53 Å². The fourth-order valence-corrected chi connectivity index (χ4v) is 3.16. The van der Waals surface area contributed by atoms with Crippen molar-refractivity contribution in [2.24, 2.45) is 4.99 Å². The van der Waals surface area contributed by atoms with Gasteiger partial charge in [-0.1, -0.05) is 29.8 Å². The molecule has 154 valence electrons. The molecule has 8 heteroatoms. The van der Waals surface area contributed by atoms with E-state index in [0.29, 0.717) is 24.3 Å². The summed E-state index contributed by atoms with van der Waals surface area (Å²) in [5.74, 6) is 0.627. The van der Waals surface area contributed by atoms with E-state index >= 15 is 0 Å². The topological polar surface area (TPSA) is 87.6 Å². The molecule has 3 N–H and O–H groups in total. The number of hydrogen-bond acceptors (Lipinski definition) is 4. The van der Waals surface area contributed by atoms with Crippen LogP contribution in [-0.4, -0.2) is 43.2 Å². The highest BCUT2D eigenvalue weighted by molar-refractivity contribution is 6.29. The summed E-state index contributed by atoms with van der Waals surface area (Å²) in [4.78, 5) is 20.5. The summed E-state index contributed by atoms with van der Waals surface area (Å²) in [5.41, 5.74) is 2.91. The van der Waals surface area contributed by atoms with E-state index < -0.39 is 0 Å². The third-order valence-corrected chi connectivity index (χ3v) is 4.82. The lowest BCUT2D eigenvalue weighted by molar-refractivity contribution is -0.124. The maximum absolute atomic E-state index is 12.2. The molecular formula is C21H26ClN5O2. The predicted molar refractivity (Wildman–Crippen MR) is 115 cm³/mol. The van der Waals surface area contributed by atoms with Crippen LogP contribution in [0.4, 0.5) is 5.69 Å². The molecule has 0 aliphatic carbocycles. The van der Waals surface area contributed by atoms with Crippen molar-refractivity contribution in [3.05, 3.63) is 58.9 Å². The maximum Gasteiger partial charge on any atom is 0.253 e. The molecule has 1 fully saturated rings. The number of carbonyl (C=O) groups is 1. The maximum atomic E-state index is 12.2. The summed E-state index contributed by atoms with van der Waals surface area (Å²) in [6.07, 6.45) is 3.96. The van der Waals surface area contributed by atoms with Gasteiger partial charge in [-0.3, -0.25) is 9.79 Å². The van der Waals surface area contributed by atoms with E-state index in [4.69, 9.17) is 16.3 Å². The number of amides is 1. The molecule has 1 aliphatic heterocycles. The summed E-state index contributed by atoms with van der Waals surface area (Å²) >= 11 is 5.80. The molecule has 7 nitrogen and oxygen atoms in total. The highest BCUT2D eigenvalue weighted by Gasteiger charge is 2.23. The molecular weight excluding hydrogens is 390 g/mol. The third kappa shape index (κ3) is 6.73. The second-order valence-corrected chi connectivity index (χ2v) is 7.17. The number of rotatable bonds is 7. The van der Waals surface area contributed by atoms with Crippen molar-refractivity contribution >= 4 is 29.2 Å². The lowest BCUT2D eigenvalue weighted by atomic mass is 10.2. The first kappa shape index (κ1) is 21.1. The molecule has 0 radical (unpaired) electrons.